The monoisotopic (exact) mass is 549 g/mol. The molecule has 3 atom stereocenters. The summed E-state index contributed by atoms with van der Waals surface area (Å²) in [6, 6.07) is 3.95. The Morgan fingerprint density at radius 1 is 1.00 bits per heavy atom. The van der Waals surface area contributed by atoms with E-state index in [4.69, 9.17) is 4.74 Å². The zero-order valence-corrected chi connectivity index (χ0v) is 25.9. The fraction of sp³-hybridized carbons (Fsp3) is 0.700. The average molecular weight is 550 g/mol. The number of amides is 3. The summed E-state index contributed by atoms with van der Waals surface area (Å²) in [7, 11) is 0. The van der Waals surface area contributed by atoms with E-state index in [0.29, 0.717) is 12.5 Å². The highest BCUT2D eigenvalue weighted by atomic mass is 32.1. The second-order valence-electron chi connectivity index (χ2n) is 11.8. The predicted molar refractivity (Wildman–Crippen MR) is 159 cm³/mol. The van der Waals surface area contributed by atoms with E-state index in [1.54, 1.807) is 25.7 Å². The van der Waals surface area contributed by atoms with E-state index in [1.807, 2.05) is 32.9 Å². The number of nitrogens with zero attached hydrogens (tertiary/aromatic N) is 1. The topological polar surface area (TPSA) is 87.7 Å². The lowest BCUT2D eigenvalue weighted by molar-refractivity contribution is -0.144. The Morgan fingerprint density at radius 3 is 2.11 bits per heavy atom. The number of benzene rings is 1. The lowest BCUT2D eigenvalue weighted by Gasteiger charge is -2.38. The number of aryl methyl sites for hydroxylation is 2. The van der Waals surface area contributed by atoms with Crippen LogP contribution in [0.25, 0.3) is 0 Å². The molecule has 0 bridgehead atoms. The van der Waals surface area contributed by atoms with Gasteiger partial charge in [0.25, 0.3) is 0 Å². The van der Waals surface area contributed by atoms with Crippen molar-refractivity contribution in [3.8, 4) is 0 Å². The van der Waals surface area contributed by atoms with Crippen molar-refractivity contribution in [1.82, 2.24) is 15.5 Å². The number of rotatable bonds is 14. The fourth-order valence-corrected chi connectivity index (χ4v) is 4.66. The summed E-state index contributed by atoms with van der Waals surface area (Å²) in [5, 5.41) is 5.77. The van der Waals surface area contributed by atoms with Gasteiger partial charge in [-0.3, -0.25) is 9.59 Å². The Hall–Kier alpha value is -2.22. The number of ether oxygens (including phenoxy) is 1. The number of nitrogens with one attached hydrogen (secondary N) is 2. The maximum atomic E-state index is 14.2. The van der Waals surface area contributed by atoms with Crippen LogP contribution in [0.1, 0.15) is 103 Å². The molecule has 216 valence electrons. The van der Waals surface area contributed by atoms with Crippen LogP contribution in [0, 0.1) is 19.8 Å². The summed E-state index contributed by atoms with van der Waals surface area (Å²) >= 11 is 4.39. The Kier molecular flexibility index (Phi) is 14.2. The first-order valence-corrected chi connectivity index (χ1v) is 14.6. The van der Waals surface area contributed by atoms with Gasteiger partial charge in [0.15, 0.2) is 0 Å². The van der Waals surface area contributed by atoms with Crippen molar-refractivity contribution in [2.75, 3.05) is 12.3 Å². The maximum Gasteiger partial charge on any atom is 0.408 e. The molecule has 38 heavy (non-hydrogen) atoms. The lowest BCUT2D eigenvalue weighted by atomic mass is 9.95. The molecule has 1 aromatic carbocycles. The maximum absolute atomic E-state index is 14.2. The smallest absolute Gasteiger partial charge is 0.408 e. The lowest BCUT2D eigenvalue weighted by Crippen LogP contribution is -2.56. The molecule has 0 spiro atoms. The summed E-state index contributed by atoms with van der Waals surface area (Å²) in [6.07, 6.45) is 3.87. The number of carbonyl (C=O) groups excluding carboxylic acids is 3. The quantitative estimate of drug-likeness (QED) is 0.193. The van der Waals surface area contributed by atoms with Crippen LogP contribution in [0.15, 0.2) is 18.2 Å². The molecule has 0 fully saturated rings. The number of carbonyl (C=O) groups is 3. The summed E-state index contributed by atoms with van der Waals surface area (Å²) in [5.41, 5.74) is 2.08. The zero-order valence-electron chi connectivity index (χ0n) is 25.0. The van der Waals surface area contributed by atoms with Crippen LogP contribution in [0.4, 0.5) is 4.79 Å². The van der Waals surface area contributed by atoms with E-state index in [0.717, 1.165) is 48.8 Å². The molecular weight excluding hydrogens is 498 g/mol. The third kappa shape index (κ3) is 11.7. The highest BCUT2D eigenvalue weighted by molar-refractivity contribution is 7.80. The summed E-state index contributed by atoms with van der Waals surface area (Å²) in [4.78, 5) is 42.2. The molecule has 1 rings (SSSR count). The SMILES string of the molecule is CCCCCNC(=O)C(c1cc(C)cc(C)c1)N(C(=O)C(CS)NC(=O)OC(C)(C)C)C(C)CCC(C)C. The van der Waals surface area contributed by atoms with E-state index in [-0.39, 0.29) is 23.6 Å². The number of hydrogen-bond acceptors (Lipinski definition) is 5. The van der Waals surface area contributed by atoms with Gasteiger partial charge in [-0.2, -0.15) is 12.6 Å². The average Bonchev–Trinajstić information content (AvgIpc) is 2.79. The molecule has 0 heterocycles. The minimum atomic E-state index is -0.948. The molecule has 0 aliphatic rings. The number of unbranched alkanes of at least 4 members (excludes halogenated alkanes) is 2. The van der Waals surface area contributed by atoms with E-state index in [1.165, 1.54) is 0 Å². The van der Waals surface area contributed by atoms with Crippen LogP contribution in [0.3, 0.4) is 0 Å². The minimum absolute atomic E-state index is 0.0726. The summed E-state index contributed by atoms with van der Waals surface area (Å²) in [6.45, 7) is 18.2. The minimum Gasteiger partial charge on any atom is -0.444 e. The van der Waals surface area contributed by atoms with E-state index in [9.17, 15) is 14.4 Å². The second kappa shape index (κ2) is 16.0. The van der Waals surface area contributed by atoms with Crippen molar-refractivity contribution in [3.63, 3.8) is 0 Å². The highest BCUT2D eigenvalue weighted by Gasteiger charge is 2.38. The van der Waals surface area contributed by atoms with Crippen LogP contribution in [0.5, 0.6) is 0 Å². The van der Waals surface area contributed by atoms with Crippen LogP contribution in [-0.2, 0) is 14.3 Å². The fourth-order valence-electron chi connectivity index (χ4n) is 4.42. The molecule has 7 nitrogen and oxygen atoms in total. The first-order valence-electron chi connectivity index (χ1n) is 14.0. The van der Waals surface area contributed by atoms with Crippen LogP contribution < -0.4 is 10.6 Å². The molecule has 0 radical (unpaired) electrons. The van der Waals surface area contributed by atoms with Crippen LogP contribution in [-0.4, -0.2) is 52.8 Å². The molecule has 3 unspecified atom stereocenters. The molecular formula is C30H51N3O4S. The van der Waals surface area contributed by atoms with Crippen molar-refractivity contribution >= 4 is 30.5 Å². The van der Waals surface area contributed by atoms with E-state index >= 15 is 0 Å². The Morgan fingerprint density at radius 2 is 1.61 bits per heavy atom. The van der Waals surface area contributed by atoms with E-state index in [2.05, 4.69) is 50.1 Å². The van der Waals surface area contributed by atoms with Gasteiger partial charge in [-0.15, -0.1) is 0 Å². The molecule has 0 aliphatic heterocycles. The normalized spacial score (nSPS) is 14.0. The standard InChI is InChI=1S/C30H51N3O4S/c1-10-11-12-15-31-27(34)26(24-17-21(4)16-22(5)18-24)33(23(6)14-13-20(2)3)28(35)25(19-38)32-29(36)37-30(7,8)9/h16-18,20,23,25-26,38H,10-15,19H2,1-9H3,(H,31,34)(H,32,36). The van der Waals surface area contributed by atoms with E-state index < -0.39 is 23.8 Å². The molecule has 8 heteroatoms. The van der Waals surface area contributed by atoms with Gasteiger partial charge in [-0.25, -0.2) is 4.79 Å². The Bertz CT molecular complexity index is 893. The van der Waals surface area contributed by atoms with Gasteiger partial charge in [-0.05, 0) is 72.3 Å². The number of thiol groups is 1. The number of hydrogen-bond donors (Lipinski definition) is 3. The highest BCUT2D eigenvalue weighted by Crippen LogP contribution is 2.29. The molecule has 2 N–H and O–H groups in total. The third-order valence-electron chi connectivity index (χ3n) is 6.23. The number of alkyl carbamates (subject to hydrolysis) is 1. The molecule has 0 aliphatic carbocycles. The van der Waals surface area contributed by atoms with Gasteiger partial charge in [0.1, 0.15) is 17.7 Å². The molecule has 0 saturated carbocycles. The van der Waals surface area contributed by atoms with Gasteiger partial charge in [0.05, 0.1) is 0 Å². The van der Waals surface area contributed by atoms with Crippen molar-refractivity contribution < 1.29 is 19.1 Å². The summed E-state index contributed by atoms with van der Waals surface area (Å²) in [5.74, 6) is -0.0538. The van der Waals surface area contributed by atoms with Crippen LogP contribution >= 0.6 is 12.6 Å². The van der Waals surface area contributed by atoms with Crippen molar-refractivity contribution in [3.05, 3.63) is 34.9 Å². The Labute approximate surface area is 236 Å². The van der Waals surface area contributed by atoms with Crippen molar-refractivity contribution in [1.29, 1.82) is 0 Å². The van der Waals surface area contributed by atoms with Gasteiger partial charge < -0.3 is 20.3 Å². The third-order valence-corrected chi connectivity index (χ3v) is 6.59. The molecule has 3 amide bonds. The summed E-state index contributed by atoms with van der Waals surface area (Å²) < 4.78 is 5.41. The van der Waals surface area contributed by atoms with Crippen LogP contribution in [0.2, 0.25) is 0 Å². The van der Waals surface area contributed by atoms with Gasteiger partial charge >= 0.3 is 6.09 Å². The molecule has 0 saturated heterocycles. The predicted octanol–water partition coefficient (Wildman–Crippen LogP) is 6.13. The molecule has 0 aromatic heterocycles. The van der Waals surface area contributed by atoms with Gasteiger partial charge in [0.2, 0.25) is 11.8 Å². The molecule has 1 aromatic rings. The first-order chi connectivity index (χ1) is 17.7. The van der Waals surface area contributed by atoms with Gasteiger partial charge in [0, 0.05) is 18.3 Å². The zero-order chi connectivity index (χ0) is 29.0. The van der Waals surface area contributed by atoms with Crippen molar-refractivity contribution in [2.45, 2.75) is 118 Å². The van der Waals surface area contributed by atoms with Crippen molar-refractivity contribution in [2.24, 2.45) is 5.92 Å². The first kappa shape index (κ1) is 33.8. The Balaban J connectivity index is 3.53. The second-order valence-corrected chi connectivity index (χ2v) is 12.1. The largest absolute Gasteiger partial charge is 0.444 e. The van der Waals surface area contributed by atoms with Gasteiger partial charge in [-0.1, -0.05) is 62.9 Å².